The lowest BCUT2D eigenvalue weighted by Crippen LogP contribution is -2.49. The minimum absolute atomic E-state index is 0.395. The molecule has 0 bridgehead atoms. The van der Waals surface area contributed by atoms with E-state index in [1.54, 1.807) is 40.7 Å². The molecular weight excluding hydrogens is 1010 g/mol. The lowest BCUT2D eigenvalue weighted by Gasteiger charge is -2.36. The molecule has 2 aromatic heterocycles. The van der Waals surface area contributed by atoms with Gasteiger partial charge in [0.15, 0.2) is 46.0 Å². The van der Waals surface area contributed by atoms with Crippen LogP contribution in [0.5, 0.6) is 57.5 Å². The number of hydrogen-bond donors (Lipinski definition) is 2. The van der Waals surface area contributed by atoms with Crippen molar-refractivity contribution in [2.45, 2.75) is 32.7 Å². The Hall–Kier alpha value is -8.67. The summed E-state index contributed by atoms with van der Waals surface area (Å²) in [5.41, 5.74) is 4.90. The minimum Gasteiger partial charge on any atom is -0.493 e. The summed E-state index contributed by atoms with van der Waals surface area (Å²) < 4.78 is 46.2. The molecular formula is C61H63ClN8O8. The van der Waals surface area contributed by atoms with Crippen molar-refractivity contribution in [3.8, 4) is 69.6 Å². The Balaban J connectivity index is 0.000000210. The van der Waals surface area contributed by atoms with Crippen LogP contribution in [-0.2, 0) is 0 Å². The number of pyridine rings is 2. The fourth-order valence-electron chi connectivity index (χ4n) is 8.82. The second-order valence-corrected chi connectivity index (χ2v) is 18.6. The van der Waals surface area contributed by atoms with Gasteiger partial charge in [0.25, 0.3) is 0 Å². The molecule has 8 aromatic rings. The van der Waals surface area contributed by atoms with Gasteiger partial charge in [-0.2, -0.15) is 10.5 Å². The van der Waals surface area contributed by atoms with Crippen molar-refractivity contribution in [1.29, 1.82) is 10.5 Å². The molecule has 0 spiro atoms. The average Bonchev–Trinajstić information content (AvgIpc) is 3.63. The molecule has 16 nitrogen and oxygen atoms in total. The maximum absolute atomic E-state index is 9.91. The highest BCUT2D eigenvalue weighted by molar-refractivity contribution is 6.17. The number of ether oxygens (including phenoxy) is 8. The molecule has 9 rings (SSSR count). The number of benzene rings is 6. The third kappa shape index (κ3) is 14.0. The molecule has 1 fully saturated rings. The van der Waals surface area contributed by atoms with E-state index >= 15 is 0 Å². The molecule has 17 heteroatoms. The van der Waals surface area contributed by atoms with Crippen LogP contribution < -0.4 is 48.5 Å². The van der Waals surface area contributed by atoms with Gasteiger partial charge in [0.05, 0.1) is 75.2 Å². The lowest BCUT2D eigenvalue weighted by atomic mass is 10.1. The van der Waals surface area contributed by atoms with E-state index in [4.69, 9.17) is 49.5 Å². The van der Waals surface area contributed by atoms with Crippen LogP contribution in [0.15, 0.2) is 134 Å². The SMILES string of the molecule is COc1cc2c(Nc3cccc(Oc4ccccc4OC)c3)c(C#N)cnc2cc1OCCCCl.COc1cc2c(Nc3cccc(Oc4ccccc4OC)c3)c(C#N)cnc2cc1OCCCN1CCN(C(C)C)CC1. The molecule has 1 aliphatic rings. The monoisotopic (exact) mass is 1070 g/mol. The number of halogens is 1. The molecule has 2 N–H and O–H groups in total. The van der Waals surface area contributed by atoms with Gasteiger partial charge in [-0.15, -0.1) is 11.6 Å². The number of para-hydroxylation sites is 4. The molecule has 0 saturated carbocycles. The molecule has 1 aliphatic heterocycles. The van der Waals surface area contributed by atoms with E-state index < -0.39 is 0 Å². The second-order valence-electron chi connectivity index (χ2n) is 18.2. The quantitative estimate of drug-likeness (QED) is 0.0483. The summed E-state index contributed by atoms with van der Waals surface area (Å²) in [4.78, 5) is 14.0. The highest BCUT2D eigenvalue weighted by atomic mass is 35.5. The summed E-state index contributed by atoms with van der Waals surface area (Å²) in [6.07, 6.45) is 4.75. The van der Waals surface area contributed by atoms with Crippen LogP contribution in [0.4, 0.5) is 22.7 Å². The molecule has 1 saturated heterocycles. The van der Waals surface area contributed by atoms with Crippen LogP contribution in [0.25, 0.3) is 21.8 Å². The van der Waals surface area contributed by atoms with E-state index in [0.717, 1.165) is 61.3 Å². The number of hydrogen-bond acceptors (Lipinski definition) is 16. The Morgan fingerprint density at radius 1 is 0.538 bits per heavy atom. The van der Waals surface area contributed by atoms with E-state index in [1.807, 2.05) is 115 Å². The zero-order valence-electron chi connectivity index (χ0n) is 44.7. The number of anilines is 4. The molecule has 0 amide bonds. The summed E-state index contributed by atoms with van der Waals surface area (Å²) in [7, 11) is 6.40. The van der Waals surface area contributed by atoms with Gasteiger partial charge >= 0.3 is 0 Å². The fraction of sp³-hybridized carbons (Fsp3) is 0.279. The number of nitrogens with one attached hydrogen (secondary N) is 2. The predicted molar refractivity (Wildman–Crippen MR) is 306 cm³/mol. The topological polar surface area (TPSA) is 178 Å². The number of alkyl halides is 1. The number of aromatic nitrogens is 2. The summed E-state index contributed by atoms with van der Waals surface area (Å²) in [6, 6.07) is 42.3. The number of fused-ring (bicyclic) bond motifs is 2. The molecule has 78 heavy (non-hydrogen) atoms. The van der Waals surface area contributed by atoms with Gasteiger partial charge in [-0.05, 0) is 87.4 Å². The number of piperazine rings is 1. The van der Waals surface area contributed by atoms with Crippen molar-refractivity contribution in [3.63, 3.8) is 0 Å². The van der Waals surface area contributed by atoms with Crippen LogP contribution >= 0.6 is 11.6 Å². The first-order valence-electron chi connectivity index (χ1n) is 25.6. The van der Waals surface area contributed by atoms with Crippen LogP contribution in [0.2, 0.25) is 0 Å². The van der Waals surface area contributed by atoms with Crippen LogP contribution in [0, 0.1) is 22.7 Å². The Kier molecular flexibility index (Phi) is 19.5. The Labute approximate surface area is 460 Å². The largest absolute Gasteiger partial charge is 0.493 e. The Morgan fingerprint density at radius 2 is 0.987 bits per heavy atom. The molecule has 0 unspecified atom stereocenters. The van der Waals surface area contributed by atoms with Gasteiger partial charge < -0.3 is 53.4 Å². The van der Waals surface area contributed by atoms with Gasteiger partial charge in [-0.3, -0.25) is 14.9 Å². The predicted octanol–water partition coefficient (Wildman–Crippen LogP) is 13.1. The Bertz CT molecular complexity index is 3390. The third-order valence-corrected chi connectivity index (χ3v) is 13.2. The number of rotatable bonds is 22. The zero-order chi connectivity index (χ0) is 54.8. The van der Waals surface area contributed by atoms with Crippen molar-refractivity contribution >= 4 is 56.2 Å². The molecule has 0 atom stereocenters. The fourth-order valence-corrected chi connectivity index (χ4v) is 8.93. The number of nitrogens with zero attached hydrogens (tertiary/aromatic N) is 6. The second kappa shape index (κ2) is 27.4. The minimum atomic E-state index is 0.395. The first-order valence-corrected chi connectivity index (χ1v) is 26.1. The van der Waals surface area contributed by atoms with Crippen LogP contribution in [-0.4, -0.2) is 106 Å². The molecule has 6 aromatic carbocycles. The van der Waals surface area contributed by atoms with Gasteiger partial charge in [0.1, 0.15) is 23.6 Å². The molecule has 402 valence electrons. The van der Waals surface area contributed by atoms with Crippen molar-refractivity contribution < 1.29 is 37.9 Å². The number of nitriles is 2. The van der Waals surface area contributed by atoms with Crippen LogP contribution in [0.1, 0.15) is 37.8 Å². The summed E-state index contributed by atoms with van der Waals surface area (Å²) >= 11 is 5.76. The summed E-state index contributed by atoms with van der Waals surface area (Å²) in [6.45, 7) is 11.0. The van der Waals surface area contributed by atoms with Gasteiger partial charge in [0, 0.05) is 103 Å². The van der Waals surface area contributed by atoms with Crippen molar-refractivity contribution in [2.24, 2.45) is 0 Å². The highest BCUT2D eigenvalue weighted by Crippen LogP contribution is 2.41. The summed E-state index contributed by atoms with van der Waals surface area (Å²) in [5.74, 6) is 6.57. The Morgan fingerprint density at radius 3 is 1.41 bits per heavy atom. The molecule has 0 aliphatic carbocycles. The van der Waals surface area contributed by atoms with Gasteiger partial charge in [-0.1, -0.05) is 36.4 Å². The van der Waals surface area contributed by atoms with E-state index in [9.17, 15) is 10.5 Å². The van der Waals surface area contributed by atoms with Crippen LogP contribution in [0.3, 0.4) is 0 Å². The van der Waals surface area contributed by atoms with E-state index in [2.05, 4.69) is 56.4 Å². The highest BCUT2D eigenvalue weighted by Gasteiger charge is 2.20. The normalized spacial score (nSPS) is 12.4. The maximum atomic E-state index is 9.91. The molecule has 0 radical (unpaired) electrons. The number of methoxy groups -OCH3 is 4. The summed E-state index contributed by atoms with van der Waals surface area (Å²) in [5, 5.41) is 27.9. The van der Waals surface area contributed by atoms with E-state index in [-0.39, 0.29) is 0 Å². The van der Waals surface area contributed by atoms with Crippen molar-refractivity contribution in [3.05, 3.63) is 145 Å². The van der Waals surface area contributed by atoms with E-state index in [1.165, 1.54) is 6.20 Å². The zero-order valence-corrected chi connectivity index (χ0v) is 45.4. The first-order chi connectivity index (χ1) is 38.1. The average molecular weight is 1070 g/mol. The van der Waals surface area contributed by atoms with Crippen molar-refractivity contribution in [1.82, 2.24) is 19.8 Å². The maximum Gasteiger partial charge on any atom is 0.169 e. The third-order valence-electron chi connectivity index (χ3n) is 12.9. The van der Waals surface area contributed by atoms with Crippen molar-refractivity contribution in [2.75, 3.05) is 90.9 Å². The lowest BCUT2D eigenvalue weighted by molar-refractivity contribution is 0.104. The smallest absolute Gasteiger partial charge is 0.169 e. The van der Waals surface area contributed by atoms with E-state index in [0.29, 0.717) is 123 Å². The molecule has 3 heterocycles. The van der Waals surface area contributed by atoms with Gasteiger partial charge in [-0.25, -0.2) is 0 Å². The first kappa shape index (κ1) is 55.6. The standard InChI is InChI=1S/C34H39N5O4.C27H24ClN3O4/c1-24(2)39-16-14-38(15-17-39)13-8-18-42-33-21-29-28(20-32(33)41-4)34(25(22-35)23-36-29)37-26-9-7-10-27(19-26)43-31-12-6-5-11-30(31)40-3;1-32-23-9-3-4-10-24(23)35-20-8-5-7-19(13-20)31-27-18(16-29)17-30-22-15-26(34-12-6-11-28)25(33-2)14-21(22)27/h5-7,9-12,19-21,23-24H,8,13-18H2,1-4H3,(H,36,37);3-5,7-10,13-15,17H,6,11-12H2,1-2H3,(H,30,31). The van der Waals surface area contributed by atoms with Gasteiger partial charge in [0.2, 0.25) is 0 Å².